The van der Waals surface area contributed by atoms with Gasteiger partial charge in [0.05, 0.1) is 16.9 Å². The van der Waals surface area contributed by atoms with Crippen molar-refractivity contribution in [1.82, 2.24) is 0 Å². The first-order valence-electron chi connectivity index (χ1n) is 5.37. The number of hydrogen-bond acceptors (Lipinski definition) is 4. The molecule has 2 rings (SSSR count). The first-order chi connectivity index (χ1) is 7.72. The van der Waals surface area contributed by atoms with Crippen LogP contribution in [-0.4, -0.2) is 24.1 Å². The summed E-state index contributed by atoms with van der Waals surface area (Å²) in [7, 11) is 0. The first kappa shape index (κ1) is 11.2. The fourth-order valence-electron chi connectivity index (χ4n) is 1.96. The summed E-state index contributed by atoms with van der Waals surface area (Å²) in [5.41, 5.74) is 8.19. The van der Waals surface area contributed by atoms with E-state index in [-0.39, 0.29) is 0 Å². The zero-order chi connectivity index (χ0) is 11.5. The van der Waals surface area contributed by atoms with Crippen molar-refractivity contribution in [3.05, 3.63) is 23.8 Å². The number of para-hydroxylation sites is 1. The Bertz CT molecular complexity index is 425. The molecule has 0 spiro atoms. The van der Waals surface area contributed by atoms with Gasteiger partial charge in [0.15, 0.2) is 0 Å². The van der Waals surface area contributed by atoms with Gasteiger partial charge in [-0.05, 0) is 12.1 Å². The van der Waals surface area contributed by atoms with Crippen molar-refractivity contribution in [3.63, 3.8) is 0 Å². The van der Waals surface area contributed by atoms with Crippen LogP contribution in [0.2, 0.25) is 0 Å². The van der Waals surface area contributed by atoms with Gasteiger partial charge in [-0.1, -0.05) is 13.0 Å². The smallest absolute Gasteiger partial charge is 0.101 e. The van der Waals surface area contributed by atoms with Crippen LogP contribution in [-0.2, 0) is 0 Å². The quantitative estimate of drug-likeness (QED) is 0.755. The second-order valence-electron chi connectivity index (χ2n) is 3.98. The van der Waals surface area contributed by atoms with Crippen LogP contribution in [0.25, 0.3) is 0 Å². The molecule has 1 saturated heterocycles. The van der Waals surface area contributed by atoms with Gasteiger partial charge < -0.3 is 10.6 Å². The van der Waals surface area contributed by atoms with Gasteiger partial charge in [0.2, 0.25) is 0 Å². The zero-order valence-corrected chi connectivity index (χ0v) is 10.1. The summed E-state index contributed by atoms with van der Waals surface area (Å²) in [5.74, 6) is 1.12. The fraction of sp³-hybridized carbons (Fsp3) is 0.417. The van der Waals surface area contributed by atoms with Gasteiger partial charge in [-0.3, -0.25) is 0 Å². The van der Waals surface area contributed by atoms with Crippen LogP contribution in [0.4, 0.5) is 11.4 Å². The lowest BCUT2D eigenvalue weighted by Crippen LogP contribution is -2.37. The standard InChI is InChI=1S/C12H15N3S/c1-9-8-15(5-6-16-9)11-4-2-3-10(7-13)12(11)14/h2-4,9H,5-6,8,14H2,1H3. The van der Waals surface area contributed by atoms with E-state index in [1.165, 1.54) is 0 Å². The Morgan fingerprint density at radius 3 is 3.06 bits per heavy atom. The summed E-state index contributed by atoms with van der Waals surface area (Å²) < 4.78 is 0. The van der Waals surface area contributed by atoms with Crippen LogP contribution in [0, 0.1) is 11.3 Å². The minimum Gasteiger partial charge on any atom is -0.396 e. The molecule has 0 aliphatic carbocycles. The molecule has 16 heavy (non-hydrogen) atoms. The molecular weight excluding hydrogens is 218 g/mol. The van der Waals surface area contributed by atoms with Crippen molar-refractivity contribution in [1.29, 1.82) is 5.26 Å². The molecule has 1 aromatic carbocycles. The van der Waals surface area contributed by atoms with Crippen molar-refractivity contribution >= 4 is 23.1 Å². The van der Waals surface area contributed by atoms with Crippen LogP contribution in [0.15, 0.2) is 18.2 Å². The summed E-state index contributed by atoms with van der Waals surface area (Å²) in [6.45, 7) is 4.24. The summed E-state index contributed by atoms with van der Waals surface area (Å²) in [6, 6.07) is 7.79. The summed E-state index contributed by atoms with van der Waals surface area (Å²) in [4.78, 5) is 2.28. The average molecular weight is 233 g/mol. The third-order valence-corrected chi connectivity index (χ3v) is 3.92. The Hall–Kier alpha value is -1.34. The molecule has 2 N–H and O–H groups in total. The molecule has 1 fully saturated rings. The van der Waals surface area contributed by atoms with Gasteiger partial charge in [0.25, 0.3) is 0 Å². The Morgan fingerprint density at radius 2 is 2.38 bits per heavy atom. The lowest BCUT2D eigenvalue weighted by Gasteiger charge is -2.33. The van der Waals surface area contributed by atoms with Crippen LogP contribution in [0.1, 0.15) is 12.5 Å². The Labute approximate surface area is 100 Å². The number of nitrogens with zero attached hydrogens (tertiary/aromatic N) is 2. The van der Waals surface area contributed by atoms with Crippen LogP contribution >= 0.6 is 11.8 Å². The van der Waals surface area contributed by atoms with E-state index >= 15 is 0 Å². The molecule has 1 aliphatic heterocycles. The number of hydrogen-bond donors (Lipinski definition) is 1. The van der Waals surface area contributed by atoms with Gasteiger partial charge in [-0.2, -0.15) is 17.0 Å². The highest BCUT2D eigenvalue weighted by atomic mass is 32.2. The van der Waals surface area contributed by atoms with Crippen LogP contribution < -0.4 is 10.6 Å². The van der Waals surface area contributed by atoms with E-state index < -0.39 is 0 Å². The maximum Gasteiger partial charge on any atom is 0.101 e. The van der Waals surface area contributed by atoms with Crippen molar-refractivity contribution in [2.75, 3.05) is 29.5 Å². The summed E-state index contributed by atoms with van der Waals surface area (Å²) >= 11 is 1.98. The minimum atomic E-state index is 0.573. The molecule has 0 amide bonds. The minimum absolute atomic E-state index is 0.573. The van der Waals surface area contributed by atoms with Gasteiger partial charge in [0, 0.05) is 24.1 Å². The fourth-order valence-corrected chi connectivity index (χ4v) is 2.98. The molecular formula is C12H15N3S. The molecule has 1 aliphatic rings. The second-order valence-corrected chi connectivity index (χ2v) is 5.52. The molecule has 84 valence electrons. The average Bonchev–Trinajstić information content (AvgIpc) is 2.29. The number of nitriles is 1. The maximum absolute atomic E-state index is 8.94. The first-order valence-corrected chi connectivity index (χ1v) is 6.42. The topological polar surface area (TPSA) is 53.0 Å². The molecule has 4 heteroatoms. The third kappa shape index (κ3) is 2.10. The van der Waals surface area contributed by atoms with E-state index in [2.05, 4.69) is 17.9 Å². The third-order valence-electron chi connectivity index (χ3n) is 2.79. The molecule has 1 unspecified atom stereocenters. The molecule has 0 radical (unpaired) electrons. The molecule has 0 saturated carbocycles. The normalized spacial score (nSPS) is 20.5. The largest absolute Gasteiger partial charge is 0.396 e. The maximum atomic E-state index is 8.94. The molecule has 1 atom stereocenters. The van der Waals surface area contributed by atoms with E-state index in [9.17, 15) is 0 Å². The van der Waals surface area contributed by atoms with Crippen molar-refractivity contribution in [2.24, 2.45) is 0 Å². The van der Waals surface area contributed by atoms with Gasteiger partial charge >= 0.3 is 0 Å². The predicted octanol–water partition coefficient (Wildman–Crippen LogP) is 2.08. The predicted molar refractivity (Wildman–Crippen MR) is 69.7 cm³/mol. The summed E-state index contributed by atoms with van der Waals surface area (Å²) in [5, 5.41) is 9.56. The van der Waals surface area contributed by atoms with Crippen molar-refractivity contribution < 1.29 is 0 Å². The lowest BCUT2D eigenvalue weighted by atomic mass is 10.1. The molecule has 1 aromatic rings. The molecule has 3 nitrogen and oxygen atoms in total. The zero-order valence-electron chi connectivity index (χ0n) is 9.31. The van der Waals surface area contributed by atoms with Gasteiger partial charge in [0.1, 0.15) is 6.07 Å². The number of benzene rings is 1. The monoisotopic (exact) mass is 233 g/mol. The Balaban J connectivity index is 2.30. The number of nitrogen functional groups attached to an aromatic ring is 1. The molecule has 1 heterocycles. The highest BCUT2D eigenvalue weighted by Gasteiger charge is 2.19. The van der Waals surface area contributed by atoms with Crippen molar-refractivity contribution in [2.45, 2.75) is 12.2 Å². The number of anilines is 2. The van der Waals surface area contributed by atoms with Crippen LogP contribution in [0.3, 0.4) is 0 Å². The summed E-state index contributed by atoms with van der Waals surface area (Å²) in [6.07, 6.45) is 0. The number of rotatable bonds is 1. The van der Waals surface area contributed by atoms with Gasteiger partial charge in [-0.15, -0.1) is 0 Å². The highest BCUT2D eigenvalue weighted by molar-refractivity contribution is 8.00. The van der Waals surface area contributed by atoms with E-state index in [4.69, 9.17) is 11.0 Å². The van der Waals surface area contributed by atoms with E-state index in [1.807, 2.05) is 23.9 Å². The van der Waals surface area contributed by atoms with Crippen molar-refractivity contribution in [3.8, 4) is 6.07 Å². The molecule has 0 aromatic heterocycles. The van der Waals surface area contributed by atoms with E-state index in [0.29, 0.717) is 16.5 Å². The number of thioether (sulfide) groups is 1. The highest BCUT2D eigenvalue weighted by Crippen LogP contribution is 2.30. The van der Waals surface area contributed by atoms with Gasteiger partial charge in [-0.25, -0.2) is 0 Å². The SMILES string of the molecule is CC1CN(c2cccc(C#N)c2N)CCS1. The Kier molecular flexibility index (Phi) is 3.25. The lowest BCUT2D eigenvalue weighted by molar-refractivity contribution is 0.784. The number of nitrogens with two attached hydrogens (primary N) is 1. The second kappa shape index (κ2) is 4.67. The van der Waals surface area contributed by atoms with E-state index in [0.717, 1.165) is 24.5 Å². The Morgan fingerprint density at radius 1 is 1.56 bits per heavy atom. The van der Waals surface area contributed by atoms with E-state index in [1.54, 1.807) is 6.07 Å². The van der Waals surface area contributed by atoms with Crippen LogP contribution in [0.5, 0.6) is 0 Å². The molecule has 0 bridgehead atoms.